The number of halogens is 1. The number of carbonyl (C=O) groups is 1. The topological polar surface area (TPSA) is 66.5 Å². The lowest BCUT2D eigenvalue weighted by molar-refractivity contribution is 0.0927. The Morgan fingerprint density at radius 1 is 1.47 bits per heavy atom. The number of hydrogen-bond acceptors (Lipinski definition) is 4. The number of carbonyl (C=O) groups excluding carboxylic acids is 1. The van der Waals surface area contributed by atoms with E-state index in [0.29, 0.717) is 30.8 Å². The summed E-state index contributed by atoms with van der Waals surface area (Å²) >= 11 is 4.72. The van der Waals surface area contributed by atoms with Gasteiger partial charge in [0.15, 0.2) is 0 Å². The van der Waals surface area contributed by atoms with Crippen molar-refractivity contribution in [2.75, 3.05) is 19.3 Å². The van der Waals surface area contributed by atoms with Crippen LogP contribution in [0.5, 0.6) is 0 Å². The first-order chi connectivity index (χ1) is 8.88. The monoisotopic (exact) mass is 366 g/mol. The first-order valence-corrected chi connectivity index (χ1v) is 9.39. The van der Waals surface area contributed by atoms with Gasteiger partial charge < -0.3 is 5.32 Å². The molecule has 0 aliphatic carbocycles. The third kappa shape index (κ3) is 3.77. The van der Waals surface area contributed by atoms with Crippen molar-refractivity contribution in [3.63, 3.8) is 0 Å². The Balaban J connectivity index is 1.90. The molecule has 1 fully saturated rings. The number of hydrogen-bond donors (Lipinski definition) is 1. The number of nitrogens with zero attached hydrogens (tertiary/aromatic N) is 1. The lowest BCUT2D eigenvalue weighted by Crippen LogP contribution is -2.46. The molecule has 2 rings (SSSR count). The number of rotatable bonds is 3. The molecule has 1 amide bonds. The third-order valence-corrected chi connectivity index (χ3v) is 6.22. The van der Waals surface area contributed by atoms with Crippen LogP contribution in [0.15, 0.2) is 15.9 Å². The zero-order chi connectivity index (χ0) is 14.0. The first kappa shape index (κ1) is 15.0. The summed E-state index contributed by atoms with van der Waals surface area (Å²) < 4.78 is 25.0. The van der Waals surface area contributed by atoms with Crippen LogP contribution in [0.2, 0.25) is 0 Å². The van der Waals surface area contributed by atoms with Crippen LogP contribution in [0.3, 0.4) is 0 Å². The van der Waals surface area contributed by atoms with E-state index in [1.807, 2.05) is 11.4 Å². The zero-order valence-electron chi connectivity index (χ0n) is 10.4. The van der Waals surface area contributed by atoms with Crippen LogP contribution in [-0.4, -0.2) is 44.0 Å². The van der Waals surface area contributed by atoms with Crippen molar-refractivity contribution in [1.82, 2.24) is 9.62 Å². The molecule has 0 aromatic carbocycles. The Kier molecular flexibility index (Phi) is 4.65. The van der Waals surface area contributed by atoms with Gasteiger partial charge in [0.25, 0.3) is 5.91 Å². The standard InChI is InChI=1S/C11H15BrN2O3S2/c1-19(16,17)14-5-2-8(3-6-14)13-11(15)10-9(12)4-7-18-10/h4,7-8H,2-3,5-6H2,1H3,(H,13,15). The van der Waals surface area contributed by atoms with Crippen molar-refractivity contribution in [3.05, 3.63) is 20.8 Å². The summed E-state index contributed by atoms with van der Waals surface area (Å²) in [5, 5.41) is 4.81. The molecule has 1 N–H and O–H groups in total. The minimum atomic E-state index is -3.11. The number of piperidine rings is 1. The van der Waals surface area contributed by atoms with Crippen molar-refractivity contribution in [3.8, 4) is 0 Å². The molecule has 106 valence electrons. The minimum Gasteiger partial charge on any atom is -0.348 e. The largest absolute Gasteiger partial charge is 0.348 e. The minimum absolute atomic E-state index is 0.0412. The number of amides is 1. The molecule has 8 heteroatoms. The summed E-state index contributed by atoms with van der Waals surface area (Å²) in [6.45, 7) is 0.935. The van der Waals surface area contributed by atoms with Gasteiger partial charge in [0.1, 0.15) is 4.88 Å². The predicted octanol–water partition coefficient (Wildman–Crippen LogP) is 1.66. The molecule has 0 saturated carbocycles. The van der Waals surface area contributed by atoms with Gasteiger partial charge in [-0.05, 0) is 40.2 Å². The van der Waals surface area contributed by atoms with Crippen molar-refractivity contribution < 1.29 is 13.2 Å². The molecule has 0 atom stereocenters. The third-order valence-electron chi connectivity index (χ3n) is 3.08. The first-order valence-electron chi connectivity index (χ1n) is 5.87. The molecular formula is C11H15BrN2O3S2. The van der Waals surface area contributed by atoms with Gasteiger partial charge in [0.05, 0.1) is 6.26 Å². The lowest BCUT2D eigenvalue weighted by atomic mass is 10.1. The Morgan fingerprint density at radius 2 is 2.11 bits per heavy atom. The van der Waals surface area contributed by atoms with E-state index in [9.17, 15) is 13.2 Å². The summed E-state index contributed by atoms with van der Waals surface area (Å²) in [5.74, 6) is -0.0975. The maximum absolute atomic E-state index is 12.0. The Labute approximate surface area is 125 Å². The fourth-order valence-electron chi connectivity index (χ4n) is 2.04. The molecule has 2 heterocycles. The van der Waals surface area contributed by atoms with Gasteiger partial charge in [-0.25, -0.2) is 12.7 Å². The normalized spacial score (nSPS) is 18.4. The molecule has 0 spiro atoms. The highest BCUT2D eigenvalue weighted by Gasteiger charge is 2.26. The van der Waals surface area contributed by atoms with Crippen LogP contribution in [0.25, 0.3) is 0 Å². The van der Waals surface area contributed by atoms with E-state index >= 15 is 0 Å². The highest BCUT2D eigenvalue weighted by molar-refractivity contribution is 9.10. The maximum Gasteiger partial charge on any atom is 0.262 e. The van der Waals surface area contributed by atoms with Crippen LogP contribution in [0, 0.1) is 0 Å². The molecule has 19 heavy (non-hydrogen) atoms. The van der Waals surface area contributed by atoms with Gasteiger partial charge in [-0.1, -0.05) is 0 Å². The molecule has 1 aliphatic heterocycles. The molecule has 0 radical (unpaired) electrons. The molecule has 1 aliphatic rings. The second-order valence-electron chi connectivity index (χ2n) is 4.51. The number of thiophene rings is 1. The van der Waals surface area contributed by atoms with Crippen molar-refractivity contribution in [1.29, 1.82) is 0 Å². The quantitative estimate of drug-likeness (QED) is 0.884. The highest BCUT2D eigenvalue weighted by Crippen LogP contribution is 2.23. The Bertz CT molecular complexity index is 562. The van der Waals surface area contributed by atoms with Crippen LogP contribution in [0.1, 0.15) is 22.5 Å². The average molecular weight is 367 g/mol. The van der Waals surface area contributed by atoms with E-state index < -0.39 is 10.0 Å². The Morgan fingerprint density at radius 3 is 2.58 bits per heavy atom. The maximum atomic E-state index is 12.0. The zero-order valence-corrected chi connectivity index (χ0v) is 13.6. The highest BCUT2D eigenvalue weighted by atomic mass is 79.9. The van der Waals surface area contributed by atoms with E-state index in [4.69, 9.17) is 0 Å². The summed E-state index contributed by atoms with van der Waals surface area (Å²) in [5.41, 5.74) is 0. The van der Waals surface area contributed by atoms with Gasteiger partial charge >= 0.3 is 0 Å². The van der Waals surface area contributed by atoms with Crippen LogP contribution in [-0.2, 0) is 10.0 Å². The summed E-state index contributed by atoms with van der Waals surface area (Å²) in [6, 6.07) is 1.88. The van der Waals surface area contributed by atoms with E-state index in [1.54, 1.807) is 0 Å². The fraction of sp³-hybridized carbons (Fsp3) is 0.545. The van der Waals surface area contributed by atoms with Gasteiger partial charge in [-0.3, -0.25) is 4.79 Å². The second kappa shape index (κ2) is 5.90. The number of nitrogens with one attached hydrogen (secondary N) is 1. The molecule has 0 unspecified atom stereocenters. The van der Waals surface area contributed by atoms with E-state index in [-0.39, 0.29) is 11.9 Å². The van der Waals surface area contributed by atoms with Crippen molar-refractivity contribution in [2.24, 2.45) is 0 Å². The molecule has 1 aromatic heterocycles. The smallest absolute Gasteiger partial charge is 0.262 e. The van der Waals surface area contributed by atoms with E-state index in [2.05, 4.69) is 21.2 Å². The van der Waals surface area contributed by atoms with Gasteiger partial charge in [-0.2, -0.15) is 0 Å². The summed E-state index contributed by atoms with van der Waals surface area (Å²) in [6.07, 6.45) is 2.53. The van der Waals surface area contributed by atoms with Gasteiger partial charge in [-0.15, -0.1) is 11.3 Å². The molecule has 1 aromatic rings. The number of sulfonamides is 1. The van der Waals surface area contributed by atoms with Gasteiger partial charge in [0.2, 0.25) is 10.0 Å². The van der Waals surface area contributed by atoms with Crippen molar-refractivity contribution in [2.45, 2.75) is 18.9 Å². The molecule has 5 nitrogen and oxygen atoms in total. The second-order valence-corrected chi connectivity index (χ2v) is 8.26. The van der Waals surface area contributed by atoms with Gasteiger partial charge in [0, 0.05) is 23.6 Å². The van der Waals surface area contributed by atoms with Crippen LogP contribution in [0.4, 0.5) is 0 Å². The van der Waals surface area contributed by atoms with Crippen LogP contribution >= 0.6 is 27.3 Å². The fourth-order valence-corrected chi connectivity index (χ4v) is 4.37. The predicted molar refractivity (Wildman–Crippen MR) is 78.9 cm³/mol. The summed E-state index contributed by atoms with van der Waals surface area (Å²) in [4.78, 5) is 12.7. The molecular weight excluding hydrogens is 352 g/mol. The molecule has 0 bridgehead atoms. The van der Waals surface area contributed by atoms with Crippen molar-refractivity contribution >= 4 is 43.2 Å². The van der Waals surface area contributed by atoms with E-state index in [0.717, 1.165) is 4.47 Å². The average Bonchev–Trinajstić information content (AvgIpc) is 2.75. The van der Waals surface area contributed by atoms with Crippen LogP contribution < -0.4 is 5.32 Å². The summed E-state index contributed by atoms with van der Waals surface area (Å²) in [7, 11) is -3.11. The van der Waals surface area contributed by atoms with E-state index in [1.165, 1.54) is 21.9 Å². The SMILES string of the molecule is CS(=O)(=O)N1CCC(NC(=O)c2sccc2Br)CC1. The Hall–Kier alpha value is -0.440. The lowest BCUT2D eigenvalue weighted by Gasteiger charge is -2.30. The molecule has 1 saturated heterocycles.